The molecule has 2 aromatic carbocycles. The number of aryl methyl sites for hydroxylation is 1. The number of fused-ring (bicyclic) bond motifs is 1. The van der Waals surface area contributed by atoms with E-state index in [1.165, 1.54) is 15.7 Å². The van der Waals surface area contributed by atoms with Crippen LogP contribution in [0.3, 0.4) is 0 Å². The van der Waals surface area contributed by atoms with Crippen LogP contribution in [0.25, 0.3) is 16.6 Å². The van der Waals surface area contributed by atoms with Crippen molar-refractivity contribution in [1.82, 2.24) is 19.4 Å². The lowest BCUT2D eigenvalue weighted by molar-refractivity contribution is 0.0993. The summed E-state index contributed by atoms with van der Waals surface area (Å²) in [6.45, 7) is 5.80. The van der Waals surface area contributed by atoms with E-state index in [1.54, 1.807) is 87.3 Å². The predicted octanol–water partition coefficient (Wildman–Crippen LogP) is 6.55. The molecule has 0 aliphatic heterocycles. The summed E-state index contributed by atoms with van der Waals surface area (Å²) in [5.41, 5.74) is 0.816. The number of benzene rings is 2. The average Bonchev–Trinajstić information content (AvgIpc) is 3.07. The standard InChI is InChI=1S/C36H37N5O7/c1-36(2,3)41(35(44)45)17-9-10-23-18-27(34(43)40(22-23)24-11-7-6-8-12-24)33(42)39-32-14-13-25(21-38-32)48-29-15-16-37-28-20-31(47-5)30(46-4)19-26(28)29/h6-8,11-16,18-22H,9-10,17H2,1-5H3,(H,44,45)(H,38,39,42). The number of hydrogen-bond acceptors (Lipinski definition) is 8. The Morgan fingerprint density at radius 1 is 0.938 bits per heavy atom. The third kappa shape index (κ3) is 7.55. The van der Waals surface area contributed by atoms with E-state index >= 15 is 0 Å². The van der Waals surface area contributed by atoms with E-state index in [0.717, 1.165) is 0 Å². The average molecular weight is 652 g/mol. The van der Waals surface area contributed by atoms with E-state index in [2.05, 4.69) is 15.3 Å². The smallest absolute Gasteiger partial charge is 0.407 e. The topological polar surface area (TPSA) is 145 Å². The predicted molar refractivity (Wildman–Crippen MR) is 182 cm³/mol. The molecule has 12 nitrogen and oxygen atoms in total. The molecule has 0 bridgehead atoms. The van der Waals surface area contributed by atoms with Crippen molar-refractivity contribution < 1.29 is 28.9 Å². The molecule has 2 N–H and O–H groups in total. The summed E-state index contributed by atoms with van der Waals surface area (Å²) < 4.78 is 18.3. The van der Waals surface area contributed by atoms with Crippen molar-refractivity contribution in [2.45, 2.75) is 39.2 Å². The Morgan fingerprint density at radius 2 is 1.67 bits per heavy atom. The van der Waals surface area contributed by atoms with Gasteiger partial charge in [0, 0.05) is 41.6 Å². The Balaban J connectivity index is 1.36. The lowest BCUT2D eigenvalue weighted by atomic mass is 10.0. The molecule has 3 heterocycles. The maximum Gasteiger partial charge on any atom is 0.407 e. The van der Waals surface area contributed by atoms with Gasteiger partial charge in [0.2, 0.25) is 0 Å². The molecule has 5 rings (SSSR count). The minimum absolute atomic E-state index is 0.0722. The summed E-state index contributed by atoms with van der Waals surface area (Å²) in [5.74, 6) is 1.60. The maximum atomic E-state index is 13.6. The molecule has 48 heavy (non-hydrogen) atoms. The molecule has 12 heteroatoms. The van der Waals surface area contributed by atoms with Gasteiger partial charge in [0.05, 0.1) is 25.9 Å². The molecule has 3 aromatic heterocycles. The minimum atomic E-state index is -1.00. The van der Waals surface area contributed by atoms with Crippen LogP contribution in [0.2, 0.25) is 0 Å². The van der Waals surface area contributed by atoms with Crippen molar-refractivity contribution in [3.05, 3.63) is 107 Å². The quantitative estimate of drug-likeness (QED) is 0.162. The zero-order valence-electron chi connectivity index (χ0n) is 27.4. The number of carbonyl (C=O) groups excluding carboxylic acids is 1. The summed E-state index contributed by atoms with van der Waals surface area (Å²) >= 11 is 0. The SMILES string of the molecule is COc1cc2nccc(Oc3ccc(NC(=O)c4cc(CCCN(C(=O)O)C(C)(C)C)cn(-c5ccccc5)c4=O)nc3)c2cc1OC. The minimum Gasteiger partial charge on any atom is -0.493 e. The fourth-order valence-electron chi connectivity index (χ4n) is 5.24. The van der Waals surface area contributed by atoms with Gasteiger partial charge in [-0.15, -0.1) is 0 Å². The highest BCUT2D eigenvalue weighted by Crippen LogP contribution is 2.36. The molecule has 0 unspecified atom stereocenters. The van der Waals surface area contributed by atoms with Crippen LogP contribution in [0.1, 0.15) is 43.1 Å². The van der Waals surface area contributed by atoms with Crippen molar-refractivity contribution in [1.29, 1.82) is 0 Å². The largest absolute Gasteiger partial charge is 0.493 e. The molecule has 5 aromatic rings. The Morgan fingerprint density at radius 3 is 2.31 bits per heavy atom. The van der Waals surface area contributed by atoms with Crippen molar-refractivity contribution >= 4 is 28.7 Å². The number of pyridine rings is 3. The Labute approximate surface area is 277 Å². The van der Waals surface area contributed by atoms with Gasteiger partial charge in [-0.05, 0) is 81.6 Å². The van der Waals surface area contributed by atoms with Crippen molar-refractivity contribution in [3.8, 4) is 28.7 Å². The molecule has 0 aliphatic rings. The maximum absolute atomic E-state index is 13.6. The van der Waals surface area contributed by atoms with E-state index < -0.39 is 23.1 Å². The van der Waals surface area contributed by atoms with Crippen LogP contribution in [0.15, 0.2) is 90.1 Å². The molecule has 0 atom stereocenters. The molecule has 2 amide bonds. The van der Waals surface area contributed by atoms with Gasteiger partial charge in [0.25, 0.3) is 11.5 Å². The fourth-order valence-corrected chi connectivity index (χ4v) is 5.24. The van der Waals surface area contributed by atoms with Crippen LogP contribution in [0.5, 0.6) is 23.0 Å². The molecule has 0 aliphatic carbocycles. The Bertz CT molecular complexity index is 1990. The fraction of sp³-hybridized carbons (Fsp3) is 0.250. The van der Waals surface area contributed by atoms with Gasteiger partial charge in [0.15, 0.2) is 11.5 Å². The molecule has 0 fully saturated rings. The number of nitrogens with one attached hydrogen (secondary N) is 1. The number of aromatic nitrogens is 3. The molecule has 0 spiro atoms. The van der Waals surface area contributed by atoms with Crippen LogP contribution in [0, 0.1) is 0 Å². The van der Waals surface area contributed by atoms with Crippen LogP contribution >= 0.6 is 0 Å². The van der Waals surface area contributed by atoms with Crippen LogP contribution in [-0.4, -0.2) is 62.8 Å². The lowest BCUT2D eigenvalue weighted by Crippen LogP contribution is -2.45. The summed E-state index contributed by atoms with van der Waals surface area (Å²) in [5, 5.41) is 13.1. The highest BCUT2D eigenvalue weighted by atomic mass is 16.5. The number of carbonyl (C=O) groups is 2. The van der Waals surface area contributed by atoms with Gasteiger partial charge in [-0.3, -0.25) is 19.1 Å². The third-order valence-electron chi connectivity index (χ3n) is 7.65. The number of hydrogen-bond donors (Lipinski definition) is 2. The molecular formula is C36H37N5O7. The van der Waals surface area contributed by atoms with E-state index in [-0.39, 0.29) is 11.4 Å². The first-order valence-electron chi connectivity index (χ1n) is 15.3. The number of methoxy groups -OCH3 is 2. The van der Waals surface area contributed by atoms with Crippen LogP contribution in [-0.2, 0) is 6.42 Å². The Hall–Kier alpha value is -5.91. The van der Waals surface area contributed by atoms with Crippen LogP contribution < -0.4 is 25.1 Å². The molecule has 248 valence electrons. The van der Waals surface area contributed by atoms with Gasteiger partial charge in [-0.25, -0.2) is 9.78 Å². The second-order valence-electron chi connectivity index (χ2n) is 12.0. The summed E-state index contributed by atoms with van der Waals surface area (Å²) in [7, 11) is 3.10. The lowest BCUT2D eigenvalue weighted by Gasteiger charge is -2.33. The number of nitrogens with zero attached hydrogens (tertiary/aromatic N) is 4. The van der Waals surface area contributed by atoms with E-state index in [9.17, 15) is 19.5 Å². The number of rotatable bonds is 11. The number of anilines is 1. The van der Waals surface area contributed by atoms with Crippen molar-refractivity contribution in [2.24, 2.45) is 0 Å². The zero-order valence-corrected chi connectivity index (χ0v) is 27.4. The van der Waals surface area contributed by atoms with Gasteiger partial charge >= 0.3 is 6.09 Å². The number of ether oxygens (including phenoxy) is 3. The number of para-hydroxylation sites is 1. The van der Waals surface area contributed by atoms with Gasteiger partial charge in [0.1, 0.15) is 22.9 Å². The molecule has 0 saturated carbocycles. The number of amides is 2. The first-order chi connectivity index (χ1) is 23.0. The van der Waals surface area contributed by atoms with Gasteiger partial charge in [-0.1, -0.05) is 18.2 Å². The van der Waals surface area contributed by atoms with E-state index in [4.69, 9.17) is 14.2 Å². The first-order valence-corrected chi connectivity index (χ1v) is 15.3. The zero-order chi connectivity index (χ0) is 34.4. The highest BCUT2D eigenvalue weighted by Gasteiger charge is 2.25. The molecular weight excluding hydrogens is 614 g/mol. The monoisotopic (exact) mass is 651 g/mol. The highest BCUT2D eigenvalue weighted by molar-refractivity contribution is 6.03. The summed E-state index contributed by atoms with van der Waals surface area (Å²) in [6, 6.07) is 19.0. The van der Waals surface area contributed by atoms with Crippen molar-refractivity contribution in [2.75, 3.05) is 26.1 Å². The first kappa shape index (κ1) is 33.5. The summed E-state index contributed by atoms with van der Waals surface area (Å²) in [6.07, 6.45) is 4.71. The van der Waals surface area contributed by atoms with Crippen LogP contribution in [0.4, 0.5) is 10.6 Å². The van der Waals surface area contributed by atoms with E-state index in [1.807, 2.05) is 26.8 Å². The van der Waals surface area contributed by atoms with Crippen molar-refractivity contribution in [3.63, 3.8) is 0 Å². The second kappa shape index (κ2) is 14.2. The number of carboxylic acid groups (broad SMARTS) is 1. The second-order valence-corrected chi connectivity index (χ2v) is 12.0. The summed E-state index contributed by atoms with van der Waals surface area (Å²) in [4.78, 5) is 49.0. The molecule has 0 radical (unpaired) electrons. The van der Waals surface area contributed by atoms with E-state index in [0.29, 0.717) is 64.5 Å². The molecule has 0 saturated heterocycles. The third-order valence-corrected chi connectivity index (χ3v) is 7.65. The van der Waals surface area contributed by atoms with Gasteiger partial charge < -0.3 is 29.5 Å². The normalized spacial score (nSPS) is 11.2. The van der Waals surface area contributed by atoms with Gasteiger partial charge in [-0.2, -0.15) is 0 Å². The Kier molecular flexibility index (Phi) is 9.93.